The third-order valence-electron chi connectivity index (χ3n) is 2.72. The van der Waals surface area contributed by atoms with E-state index in [-0.39, 0.29) is 0 Å². The summed E-state index contributed by atoms with van der Waals surface area (Å²) in [7, 11) is 0. The van der Waals surface area contributed by atoms with Gasteiger partial charge in [0.05, 0.1) is 0 Å². The molecule has 0 saturated carbocycles. The molecule has 1 saturated heterocycles. The van der Waals surface area contributed by atoms with Crippen LogP contribution >= 0.6 is 0 Å². The lowest BCUT2D eigenvalue weighted by Gasteiger charge is -2.27. The average molecular weight is 222 g/mol. The Bertz CT molecular complexity index is 347. The fraction of sp³-hybridized carbons (Fsp3) is 0.600. The van der Waals surface area contributed by atoms with Gasteiger partial charge in [-0.2, -0.15) is 4.98 Å². The summed E-state index contributed by atoms with van der Waals surface area (Å²) >= 11 is 0. The van der Waals surface area contributed by atoms with Crippen LogP contribution in [0.4, 0.5) is 11.8 Å². The van der Waals surface area contributed by atoms with E-state index in [2.05, 4.69) is 25.8 Å². The van der Waals surface area contributed by atoms with Crippen LogP contribution in [-0.2, 0) is 0 Å². The van der Waals surface area contributed by atoms with Crippen molar-refractivity contribution in [3.63, 3.8) is 0 Å². The number of hydrogen-bond donors (Lipinski definition) is 3. The highest BCUT2D eigenvalue weighted by Gasteiger charge is 2.11. The summed E-state index contributed by atoms with van der Waals surface area (Å²) in [6.45, 7) is 4.11. The molecule has 2 heterocycles. The van der Waals surface area contributed by atoms with E-state index in [0.29, 0.717) is 5.95 Å². The largest absolute Gasteiger partial charge is 0.303 e. The van der Waals surface area contributed by atoms with Crippen LogP contribution < -0.4 is 16.7 Å². The summed E-state index contributed by atoms with van der Waals surface area (Å²) in [6, 6.07) is 0. The summed E-state index contributed by atoms with van der Waals surface area (Å²) in [5.74, 6) is 6.54. The lowest BCUT2D eigenvalue weighted by atomic mass is 10.2. The first-order valence-electron chi connectivity index (χ1n) is 5.61. The Morgan fingerprint density at radius 2 is 2.06 bits per heavy atom. The van der Waals surface area contributed by atoms with E-state index in [1.165, 1.54) is 19.3 Å². The van der Waals surface area contributed by atoms with Gasteiger partial charge in [0.2, 0.25) is 5.95 Å². The predicted molar refractivity (Wildman–Crippen MR) is 63.6 cm³/mol. The van der Waals surface area contributed by atoms with Gasteiger partial charge in [-0.1, -0.05) is 6.42 Å². The van der Waals surface area contributed by atoms with Gasteiger partial charge >= 0.3 is 0 Å². The maximum Gasteiger partial charge on any atom is 0.239 e. The van der Waals surface area contributed by atoms with E-state index >= 15 is 0 Å². The van der Waals surface area contributed by atoms with Gasteiger partial charge in [0.25, 0.3) is 0 Å². The van der Waals surface area contributed by atoms with Gasteiger partial charge in [-0.25, -0.2) is 15.8 Å². The van der Waals surface area contributed by atoms with Crippen molar-refractivity contribution in [1.29, 1.82) is 0 Å². The number of hydrogen-bond acceptors (Lipinski definition) is 6. The molecule has 0 radical (unpaired) electrons. The summed E-state index contributed by atoms with van der Waals surface area (Å²) in [6.07, 6.45) is 5.54. The van der Waals surface area contributed by atoms with Crippen LogP contribution in [0.3, 0.4) is 0 Å². The number of rotatable bonds is 3. The number of nitrogens with two attached hydrogens (primary N) is 1. The van der Waals surface area contributed by atoms with Crippen molar-refractivity contribution < 1.29 is 0 Å². The van der Waals surface area contributed by atoms with Crippen LogP contribution in [0.25, 0.3) is 0 Å². The zero-order valence-electron chi connectivity index (χ0n) is 9.53. The fourth-order valence-electron chi connectivity index (χ4n) is 1.78. The molecule has 1 aromatic rings. The number of piperidine rings is 1. The van der Waals surface area contributed by atoms with Crippen molar-refractivity contribution in [2.24, 2.45) is 5.84 Å². The monoisotopic (exact) mass is 222 g/mol. The predicted octanol–water partition coefficient (Wildman–Crippen LogP) is 0.883. The zero-order chi connectivity index (χ0) is 11.4. The van der Waals surface area contributed by atoms with E-state index in [1.54, 1.807) is 6.20 Å². The van der Waals surface area contributed by atoms with Crippen molar-refractivity contribution in [2.75, 3.05) is 23.9 Å². The number of nitrogens with one attached hydrogen (secondary N) is 2. The van der Waals surface area contributed by atoms with Crippen LogP contribution in [0.15, 0.2) is 6.20 Å². The van der Waals surface area contributed by atoms with Gasteiger partial charge in [-0.05, 0) is 19.8 Å². The SMILES string of the molecule is Cc1cnc(NN)nc1NN1CCCCC1. The van der Waals surface area contributed by atoms with Crippen molar-refractivity contribution in [3.05, 3.63) is 11.8 Å². The number of nitrogen functional groups attached to an aromatic ring is 1. The maximum absolute atomic E-state index is 5.29. The highest BCUT2D eigenvalue weighted by Crippen LogP contribution is 2.15. The zero-order valence-corrected chi connectivity index (χ0v) is 9.53. The molecular weight excluding hydrogens is 204 g/mol. The molecule has 1 aliphatic heterocycles. The molecule has 0 unspecified atom stereocenters. The normalized spacial score (nSPS) is 17.1. The molecule has 0 spiro atoms. The molecular formula is C10H18N6. The molecule has 1 aliphatic rings. The number of hydrazine groups is 2. The Kier molecular flexibility index (Phi) is 3.53. The molecule has 2 rings (SSSR count). The minimum absolute atomic E-state index is 0.435. The Morgan fingerprint density at radius 3 is 2.75 bits per heavy atom. The Morgan fingerprint density at radius 1 is 1.31 bits per heavy atom. The second-order valence-electron chi connectivity index (χ2n) is 4.03. The minimum atomic E-state index is 0.435. The van der Waals surface area contributed by atoms with Crippen LogP contribution in [0.1, 0.15) is 24.8 Å². The second-order valence-corrected chi connectivity index (χ2v) is 4.03. The Hall–Kier alpha value is -1.40. The average Bonchev–Trinajstić information content (AvgIpc) is 2.33. The number of anilines is 2. The van der Waals surface area contributed by atoms with E-state index in [9.17, 15) is 0 Å². The topological polar surface area (TPSA) is 79.1 Å². The first kappa shape index (κ1) is 11.1. The van der Waals surface area contributed by atoms with Gasteiger partial charge in [0.1, 0.15) is 5.82 Å². The lowest BCUT2D eigenvalue weighted by Crippen LogP contribution is -2.35. The van der Waals surface area contributed by atoms with Crippen LogP contribution in [-0.4, -0.2) is 28.1 Å². The number of aromatic nitrogens is 2. The van der Waals surface area contributed by atoms with Crippen LogP contribution in [0.2, 0.25) is 0 Å². The van der Waals surface area contributed by atoms with Crippen LogP contribution in [0.5, 0.6) is 0 Å². The fourth-order valence-corrected chi connectivity index (χ4v) is 1.78. The van der Waals surface area contributed by atoms with Crippen molar-refractivity contribution >= 4 is 11.8 Å². The quantitative estimate of drug-likeness (QED) is 0.520. The van der Waals surface area contributed by atoms with E-state index in [0.717, 1.165) is 24.5 Å². The summed E-state index contributed by atoms with van der Waals surface area (Å²) < 4.78 is 0. The molecule has 0 aliphatic carbocycles. The third kappa shape index (κ3) is 2.59. The van der Waals surface area contributed by atoms with Crippen molar-refractivity contribution in [1.82, 2.24) is 15.0 Å². The van der Waals surface area contributed by atoms with Crippen molar-refractivity contribution in [3.8, 4) is 0 Å². The van der Waals surface area contributed by atoms with E-state index < -0.39 is 0 Å². The Labute approximate surface area is 95.2 Å². The molecule has 0 atom stereocenters. The molecule has 6 nitrogen and oxygen atoms in total. The van der Waals surface area contributed by atoms with Gasteiger partial charge in [-0.15, -0.1) is 0 Å². The molecule has 0 aromatic carbocycles. The standard InChI is InChI=1S/C10H18N6/c1-8-7-12-10(14-11)13-9(8)15-16-5-3-2-4-6-16/h7H,2-6,11H2,1H3,(H2,12,13,14,15). The molecule has 4 N–H and O–H groups in total. The molecule has 1 fully saturated rings. The molecule has 0 amide bonds. The molecule has 88 valence electrons. The van der Waals surface area contributed by atoms with Gasteiger partial charge < -0.3 is 5.43 Å². The smallest absolute Gasteiger partial charge is 0.239 e. The molecule has 16 heavy (non-hydrogen) atoms. The van der Waals surface area contributed by atoms with E-state index in [1.807, 2.05) is 6.92 Å². The number of aryl methyl sites for hydroxylation is 1. The first-order valence-corrected chi connectivity index (χ1v) is 5.61. The molecule has 6 heteroatoms. The summed E-state index contributed by atoms with van der Waals surface area (Å²) in [5.41, 5.74) is 6.78. The summed E-state index contributed by atoms with van der Waals surface area (Å²) in [4.78, 5) is 8.33. The van der Waals surface area contributed by atoms with Crippen molar-refractivity contribution in [2.45, 2.75) is 26.2 Å². The van der Waals surface area contributed by atoms with E-state index in [4.69, 9.17) is 5.84 Å². The minimum Gasteiger partial charge on any atom is -0.303 e. The first-order chi connectivity index (χ1) is 7.79. The van der Waals surface area contributed by atoms with Gasteiger partial charge in [-0.3, -0.25) is 5.43 Å². The highest BCUT2D eigenvalue weighted by atomic mass is 15.5. The lowest BCUT2D eigenvalue weighted by molar-refractivity contribution is 0.272. The molecule has 1 aromatic heterocycles. The van der Waals surface area contributed by atoms with Gasteiger partial charge in [0, 0.05) is 24.8 Å². The highest BCUT2D eigenvalue weighted by molar-refractivity contribution is 5.45. The maximum atomic E-state index is 5.29. The van der Waals surface area contributed by atoms with Crippen LogP contribution in [0, 0.1) is 6.92 Å². The molecule has 0 bridgehead atoms. The summed E-state index contributed by atoms with van der Waals surface area (Å²) in [5, 5.41) is 2.19. The number of nitrogens with zero attached hydrogens (tertiary/aromatic N) is 3. The third-order valence-corrected chi connectivity index (χ3v) is 2.72. The Balaban J connectivity index is 2.06. The second kappa shape index (κ2) is 5.09. The van der Waals surface area contributed by atoms with Gasteiger partial charge in [0.15, 0.2) is 0 Å².